The molecular weight excluding hydrogens is 226 g/mol. The van der Waals surface area contributed by atoms with Crippen molar-refractivity contribution in [2.75, 3.05) is 26.2 Å². The Bertz CT molecular complexity index is 235. The summed E-state index contributed by atoms with van der Waals surface area (Å²) in [5, 5.41) is 1.45. The summed E-state index contributed by atoms with van der Waals surface area (Å²) < 4.78 is 0. The van der Waals surface area contributed by atoms with Crippen molar-refractivity contribution >= 4 is 17.0 Å². The van der Waals surface area contributed by atoms with E-state index in [0.29, 0.717) is 6.04 Å². The number of hydrogen-bond donors (Lipinski definition) is 1. The quantitative estimate of drug-likeness (QED) is 0.595. The van der Waals surface area contributed by atoms with Crippen molar-refractivity contribution in [1.29, 1.82) is 0 Å². The fourth-order valence-corrected chi connectivity index (χ4v) is 2.87. The average molecular weight is 246 g/mol. The lowest BCUT2D eigenvalue weighted by molar-refractivity contribution is 0.0769. The number of amides is 1. The SMILES string of the molecule is O=C(Cl)NN1CCC(N2CCCCC2)CC1. The first-order chi connectivity index (χ1) is 7.75. The zero-order chi connectivity index (χ0) is 11.4. The van der Waals surface area contributed by atoms with Gasteiger partial charge in [0.2, 0.25) is 0 Å². The lowest BCUT2D eigenvalue weighted by Crippen LogP contribution is -2.51. The molecule has 0 radical (unpaired) electrons. The Kier molecular flexibility index (Phi) is 4.44. The summed E-state index contributed by atoms with van der Waals surface area (Å²) in [5.74, 6) is 0. The molecule has 1 N–H and O–H groups in total. The lowest BCUT2D eigenvalue weighted by atomic mass is 10.0. The van der Waals surface area contributed by atoms with E-state index in [1.165, 1.54) is 32.4 Å². The van der Waals surface area contributed by atoms with Crippen molar-refractivity contribution in [3.8, 4) is 0 Å². The Labute approximate surface area is 102 Å². The summed E-state index contributed by atoms with van der Waals surface area (Å²) >= 11 is 5.29. The molecule has 2 fully saturated rings. The third kappa shape index (κ3) is 3.34. The van der Waals surface area contributed by atoms with Crippen LogP contribution in [0.2, 0.25) is 0 Å². The number of carbonyl (C=O) groups excluding carboxylic acids is 1. The number of likely N-dealkylation sites (tertiary alicyclic amines) is 1. The summed E-state index contributed by atoms with van der Waals surface area (Å²) in [6.45, 7) is 4.35. The highest BCUT2D eigenvalue weighted by atomic mass is 35.5. The normalized spacial score (nSPS) is 25.6. The topological polar surface area (TPSA) is 35.6 Å². The van der Waals surface area contributed by atoms with Gasteiger partial charge in [-0.25, -0.2) is 5.01 Å². The van der Waals surface area contributed by atoms with E-state index in [9.17, 15) is 4.79 Å². The number of carbonyl (C=O) groups is 1. The zero-order valence-corrected chi connectivity index (χ0v) is 10.4. The molecule has 0 bridgehead atoms. The highest BCUT2D eigenvalue weighted by Crippen LogP contribution is 2.19. The largest absolute Gasteiger partial charge is 0.328 e. The van der Waals surface area contributed by atoms with Crippen LogP contribution in [0.1, 0.15) is 32.1 Å². The van der Waals surface area contributed by atoms with E-state index < -0.39 is 5.37 Å². The molecule has 92 valence electrons. The molecule has 0 unspecified atom stereocenters. The van der Waals surface area contributed by atoms with Gasteiger partial charge in [-0.3, -0.25) is 10.2 Å². The molecular formula is C11H20ClN3O. The third-order valence-corrected chi connectivity index (χ3v) is 3.70. The van der Waals surface area contributed by atoms with Gasteiger partial charge in [-0.1, -0.05) is 6.42 Å². The minimum Gasteiger partial charge on any atom is -0.300 e. The van der Waals surface area contributed by atoms with Crippen molar-refractivity contribution in [1.82, 2.24) is 15.3 Å². The van der Waals surface area contributed by atoms with Gasteiger partial charge in [0.05, 0.1) is 0 Å². The fourth-order valence-electron chi connectivity index (χ4n) is 2.75. The molecule has 2 aliphatic rings. The molecule has 0 spiro atoms. The van der Waals surface area contributed by atoms with Crippen LogP contribution in [-0.2, 0) is 0 Å². The number of nitrogens with one attached hydrogen (secondary N) is 1. The molecule has 2 heterocycles. The average Bonchev–Trinajstić information content (AvgIpc) is 2.30. The van der Waals surface area contributed by atoms with E-state index in [1.54, 1.807) is 0 Å². The summed E-state index contributed by atoms with van der Waals surface area (Å²) in [6.07, 6.45) is 6.35. The first-order valence-electron chi connectivity index (χ1n) is 6.21. The van der Waals surface area contributed by atoms with Gasteiger partial charge in [0, 0.05) is 19.1 Å². The highest BCUT2D eigenvalue weighted by Gasteiger charge is 2.25. The molecule has 4 nitrogen and oxygen atoms in total. The molecule has 5 heteroatoms. The van der Waals surface area contributed by atoms with Crippen LogP contribution in [0.4, 0.5) is 4.79 Å². The summed E-state index contributed by atoms with van der Waals surface area (Å²) in [5.41, 5.74) is 2.65. The van der Waals surface area contributed by atoms with Crippen LogP contribution in [0.25, 0.3) is 0 Å². The highest BCUT2D eigenvalue weighted by molar-refractivity contribution is 6.62. The van der Waals surface area contributed by atoms with Crippen molar-refractivity contribution in [2.45, 2.75) is 38.1 Å². The molecule has 0 aromatic heterocycles. The predicted molar refractivity (Wildman–Crippen MR) is 64.4 cm³/mol. The Morgan fingerprint density at radius 1 is 1.06 bits per heavy atom. The minimum atomic E-state index is -0.476. The van der Waals surface area contributed by atoms with Crippen LogP contribution in [0.5, 0.6) is 0 Å². The molecule has 0 saturated carbocycles. The Balaban J connectivity index is 1.73. The zero-order valence-electron chi connectivity index (χ0n) is 9.62. The van der Waals surface area contributed by atoms with E-state index in [-0.39, 0.29) is 0 Å². The van der Waals surface area contributed by atoms with E-state index in [4.69, 9.17) is 11.6 Å². The second kappa shape index (κ2) is 5.84. The van der Waals surface area contributed by atoms with Crippen LogP contribution in [-0.4, -0.2) is 47.5 Å². The molecule has 2 saturated heterocycles. The maximum absolute atomic E-state index is 10.7. The number of rotatable bonds is 2. The van der Waals surface area contributed by atoms with Gasteiger partial charge >= 0.3 is 5.37 Å². The van der Waals surface area contributed by atoms with Gasteiger partial charge in [0.1, 0.15) is 0 Å². The maximum Gasteiger partial charge on any atom is 0.328 e. The molecule has 0 aromatic rings. The summed E-state index contributed by atoms with van der Waals surface area (Å²) in [7, 11) is 0. The summed E-state index contributed by atoms with van der Waals surface area (Å²) in [6, 6.07) is 0.712. The monoisotopic (exact) mass is 245 g/mol. The first-order valence-corrected chi connectivity index (χ1v) is 6.58. The van der Waals surface area contributed by atoms with E-state index >= 15 is 0 Å². The van der Waals surface area contributed by atoms with Crippen molar-refractivity contribution in [2.24, 2.45) is 0 Å². The van der Waals surface area contributed by atoms with Crippen molar-refractivity contribution in [3.05, 3.63) is 0 Å². The van der Waals surface area contributed by atoms with Crippen LogP contribution in [0.3, 0.4) is 0 Å². The van der Waals surface area contributed by atoms with Gasteiger partial charge < -0.3 is 4.90 Å². The van der Waals surface area contributed by atoms with Crippen LogP contribution < -0.4 is 5.43 Å². The number of nitrogens with zero attached hydrogens (tertiary/aromatic N) is 2. The standard InChI is InChI=1S/C11H20ClN3O/c12-11(16)13-15-8-4-10(5-9-15)14-6-2-1-3-7-14/h10H,1-9H2,(H,13,16). The van der Waals surface area contributed by atoms with E-state index in [0.717, 1.165) is 25.9 Å². The van der Waals surface area contributed by atoms with Crippen LogP contribution >= 0.6 is 11.6 Å². The van der Waals surface area contributed by atoms with E-state index in [2.05, 4.69) is 10.3 Å². The van der Waals surface area contributed by atoms with Gasteiger partial charge in [0.25, 0.3) is 0 Å². The predicted octanol–water partition coefficient (Wildman–Crippen LogP) is 1.80. The van der Waals surface area contributed by atoms with Crippen LogP contribution in [0.15, 0.2) is 0 Å². The number of piperidine rings is 2. The molecule has 2 rings (SSSR count). The molecule has 2 aliphatic heterocycles. The maximum atomic E-state index is 10.7. The lowest BCUT2D eigenvalue weighted by Gasteiger charge is -2.39. The molecule has 0 atom stereocenters. The number of hydrogen-bond acceptors (Lipinski definition) is 3. The number of hydrazine groups is 1. The molecule has 0 aromatic carbocycles. The first kappa shape index (κ1) is 12.1. The second-order valence-corrected chi connectivity index (χ2v) is 5.04. The molecule has 1 amide bonds. The summed E-state index contributed by atoms with van der Waals surface area (Å²) in [4.78, 5) is 13.3. The second-order valence-electron chi connectivity index (χ2n) is 4.70. The Morgan fingerprint density at radius 3 is 2.25 bits per heavy atom. The Morgan fingerprint density at radius 2 is 1.69 bits per heavy atom. The number of halogens is 1. The van der Waals surface area contributed by atoms with Gasteiger partial charge in [-0.2, -0.15) is 0 Å². The minimum absolute atomic E-state index is 0.476. The van der Waals surface area contributed by atoms with Crippen molar-refractivity contribution < 1.29 is 4.79 Å². The smallest absolute Gasteiger partial charge is 0.300 e. The molecule has 0 aliphatic carbocycles. The third-order valence-electron chi connectivity index (χ3n) is 3.62. The van der Waals surface area contributed by atoms with Crippen LogP contribution in [0, 0.1) is 0 Å². The Hall–Kier alpha value is -0.320. The van der Waals surface area contributed by atoms with Gasteiger partial charge in [-0.05, 0) is 50.4 Å². The molecule has 16 heavy (non-hydrogen) atoms. The van der Waals surface area contributed by atoms with E-state index in [1.807, 2.05) is 5.01 Å². The van der Waals surface area contributed by atoms with Gasteiger partial charge in [-0.15, -0.1) is 0 Å². The van der Waals surface area contributed by atoms with Gasteiger partial charge in [0.15, 0.2) is 0 Å². The fraction of sp³-hybridized carbons (Fsp3) is 0.909. The van der Waals surface area contributed by atoms with Crippen molar-refractivity contribution in [3.63, 3.8) is 0 Å².